The van der Waals surface area contributed by atoms with Gasteiger partial charge in [0.2, 0.25) is 0 Å². The number of carbonyl (C=O) groups is 2. The molecule has 0 bridgehead atoms. The number of halogens is 2. The zero-order valence-corrected chi connectivity index (χ0v) is 14.5. The van der Waals surface area contributed by atoms with Gasteiger partial charge in [-0.15, -0.1) is 0 Å². The van der Waals surface area contributed by atoms with Gasteiger partial charge < -0.3 is 10.2 Å². The number of carbonyl (C=O) groups excluding carboxylic acids is 2. The molecule has 1 aliphatic rings. The molecular formula is C20H20F2N2O2. The third-order valence-corrected chi connectivity index (χ3v) is 4.68. The van der Waals surface area contributed by atoms with Crippen molar-refractivity contribution in [2.75, 3.05) is 25.5 Å². The van der Waals surface area contributed by atoms with E-state index < -0.39 is 17.5 Å². The molecule has 2 aromatic rings. The summed E-state index contributed by atoms with van der Waals surface area (Å²) in [5.74, 6) is -2.59. The molecule has 0 spiro atoms. The molecule has 1 aliphatic heterocycles. The first-order valence-corrected chi connectivity index (χ1v) is 8.53. The van der Waals surface area contributed by atoms with Crippen LogP contribution in [0.4, 0.5) is 14.5 Å². The van der Waals surface area contributed by atoms with E-state index in [1.165, 1.54) is 6.07 Å². The van der Waals surface area contributed by atoms with Crippen LogP contribution in [-0.4, -0.2) is 36.7 Å². The van der Waals surface area contributed by atoms with Gasteiger partial charge in [-0.2, -0.15) is 0 Å². The number of anilines is 1. The molecule has 26 heavy (non-hydrogen) atoms. The SMILES string of the molecule is CN1CCC(C(=O)c2cccc(NC(=O)c3ccc(F)c(F)c3)c2)CC1. The van der Waals surface area contributed by atoms with Crippen LogP contribution in [0, 0.1) is 17.6 Å². The number of hydrogen-bond donors (Lipinski definition) is 1. The molecule has 1 heterocycles. The Morgan fingerprint density at radius 2 is 1.73 bits per heavy atom. The molecule has 0 aromatic heterocycles. The van der Waals surface area contributed by atoms with E-state index in [2.05, 4.69) is 10.2 Å². The van der Waals surface area contributed by atoms with Gasteiger partial charge in [0.15, 0.2) is 17.4 Å². The summed E-state index contributed by atoms with van der Waals surface area (Å²) in [6, 6.07) is 9.67. The Morgan fingerprint density at radius 1 is 1.00 bits per heavy atom. The molecule has 0 aliphatic carbocycles. The maximum Gasteiger partial charge on any atom is 0.255 e. The van der Waals surface area contributed by atoms with E-state index in [-0.39, 0.29) is 17.3 Å². The molecule has 1 saturated heterocycles. The smallest absolute Gasteiger partial charge is 0.255 e. The summed E-state index contributed by atoms with van der Waals surface area (Å²) in [6.07, 6.45) is 1.64. The third-order valence-electron chi connectivity index (χ3n) is 4.68. The number of ketones is 1. The Morgan fingerprint density at radius 3 is 2.42 bits per heavy atom. The molecule has 0 radical (unpaired) electrons. The Balaban J connectivity index is 1.71. The van der Waals surface area contributed by atoms with Gasteiger partial charge in [-0.1, -0.05) is 12.1 Å². The van der Waals surface area contributed by atoms with Crippen molar-refractivity contribution in [1.29, 1.82) is 0 Å². The van der Waals surface area contributed by atoms with E-state index in [4.69, 9.17) is 0 Å². The van der Waals surface area contributed by atoms with Crippen LogP contribution in [0.5, 0.6) is 0 Å². The first-order valence-electron chi connectivity index (χ1n) is 8.53. The van der Waals surface area contributed by atoms with Crippen molar-refractivity contribution < 1.29 is 18.4 Å². The second-order valence-corrected chi connectivity index (χ2v) is 6.61. The predicted octanol–water partition coefficient (Wildman–Crippen LogP) is 3.74. The number of rotatable bonds is 4. The number of benzene rings is 2. The van der Waals surface area contributed by atoms with Gasteiger partial charge in [0.05, 0.1) is 0 Å². The lowest BCUT2D eigenvalue weighted by Crippen LogP contribution is -2.33. The maximum absolute atomic E-state index is 13.3. The molecule has 1 N–H and O–H groups in total. The third kappa shape index (κ3) is 4.14. The molecule has 4 nitrogen and oxygen atoms in total. The van der Waals surface area contributed by atoms with Gasteiger partial charge in [-0.25, -0.2) is 8.78 Å². The summed E-state index contributed by atoms with van der Waals surface area (Å²) in [5.41, 5.74) is 0.997. The largest absolute Gasteiger partial charge is 0.322 e. The van der Waals surface area contributed by atoms with Gasteiger partial charge in [0.25, 0.3) is 5.91 Å². The van der Waals surface area contributed by atoms with Crippen LogP contribution in [0.15, 0.2) is 42.5 Å². The van der Waals surface area contributed by atoms with Gasteiger partial charge in [0, 0.05) is 22.7 Å². The minimum absolute atomic E-state index is 0.0101. The van der Waals surface area contributed by atoms with Crippen LogP contribution in [0.2, 0.25) is 0 Å². The summed E-state index contributed by atoms with van der Waals surface area (Å²) in [7, 11) is 2.04. The van der Waals surface area contributed by atoms with E-state index >= 15 is 0 Å². The number of nitrogens with one attached hydrogen (secondary N) is 1. The van der Waals surface area contributed by atoms with Crippen molar-refractivity contribution in [2.45, 2.75) is 12.8 Å². The van der Waals surface area contributed by atoms with Crippen LogP contribution in [0.3, 0.4) is 0 Å². The van der Waals surface area contributed by atoms with Gasteiger partial charge in [-0.05, 0) is 63.3 Å². The van der Waals surface area contributed by atoms with Crippen molar-refractivity contribution in [1.82, 2.24) is 4.90 Å². The molecular weight excluding hydrogens is 338 g/mol. The second kappa shape index (κ2) is 7.74. The zero-order chi connectivity index (χ0) is 18.7. The average molecular weight is 358 g/mol. The van der Waals surface area contributed by atoms with Crippen LogP contribution in [0.25, 0.3) is 0 Å². The summed E-state index contributed by atoms with van der Waals surface area (Å²) in [5, 5.41) is 2.62. The predicted molar refractivity (Wildman–Crippen MR) is 95.3 cm³/mol. The Kier molecular flexibility index (Phi) is 5.42. The fourth-order valence-corrected chi connectivity index (χ4v) is 3.10. The van der Waals surface area contributed by atoms with Crippen molar-refractivity contribution in [3.05, 3.63) is 65.2 Å². The molecule has 0 atom stereocenters. The van der Waals surface area contributed by atoms with E-state index in [0.29, 0.717) is 11.3 Å². The van der Waals surface area contributed by atoms with Crippen LogP contribution < -0.4 is 5.32 Å². The van der Waals surface area contributed by atoms with Crippen molar-refractivity contribution in [3.63, 3.8) is 0 Å². The van der Waals surface area contributed by atoms with E-state index in [1.54, 1.807) is 24.3 Å². The minimum Gasteiger partial charge on any atom is -0.322 e. The molecule has 1 amide bonds. The van der Waals surface area contributed by atoms with Crippen LogP contribution >= 0.6 is 0 Å². The van der Waals surface area contributed by atoms with Gasteiger partial charge in [-0.3, -0.25) is 9.59 Å². The van der Waals surface area contributed by atoms with Crippen molar-refractivity contribution in [3.8, 4) is 0 Å². The molecule has 136 valence electrons. The molecule has 1 fully saturated rings. The highest BCUT2D eigenvalue weighted by Gasteiger charge is 2.24. The molecule has 0 saturated carbocycles. The monoisotopic (exact) mass is 358 g/mol. The van der Waals surface area contributed by atoms with E-state index in [9.17, 15) is 18.4 Å². The lowest BCUT2D eigenvalue weighted by molar-refractivity contribution is 0.0856. The normalized spacial score (nSPS) is 15.7. The first-order chi connectivity index (χ1) is 12.4. The standard InChI is InChI=1S/C20H20F2N2O2/c1-24-9-7-13(8-10-24)19(25)14-3-2-4-16(11-14)23-20(26)15-5-6-17(21)18(22)12-15/h2-6,11-13H,7-10H2,1H3,(H,23,26). The highest BCUT2D eigenvalue weighted by Crippen LogP contribution is 2.23. The number of nitrogens with zero attached hydrogens (tertiary/aromatic N) is 1. The molecule has 0 unspecified atom stereocenters. The zero-order valence-electron chi connectivity index (χ0n) is 14.5. The highest BCUT2D eigenvalue weighted by atomic mass is 19.2. The average Bonchev–Trinajstić information content (AvgIpc) is 2.64. The fourth-order valence-electron chi connectivity index (χ4n) is 3.10. The molecule has 6 heteroatoms. The molecule has 2 aromatic carbocycles. The molecule has 3 rings (SSSR count). The van der Waals surface area contributed by atoms with Gasteiger partial charge >= 0.3 is 0 Å². The summed E-state index contributed by atoms with van der Waals surface area (Å²) in [6.45, 7) is 1.78. The highest BCUT2D eigenvalue weighted by molar-refractivity contribution is 6.05. The Bertz CT molecular complexity index is 830. The number of likely N-dealkylation sites (tertiary alicyclic amines) is 1. The number of hydrogen-bond acceptors (Lipinski definition) is 3. The summed E-state index contributed by atoms with van der Waals surface area (Å²) in [4.78, 5) is 27.1. The summed E-state index contributed by atoms with van der Waals surface area (Å²) < 4.78 is 26.3. The quantitative estimate of drug-likeness (QED) is 0.847. The second-order valence-electron chi connectivity index (χ2n) is 6.61. The first kappa shape index (κ1) is 18.2. The van der Waals surface area contributed by atoms with Crippen LogP contribution in [0.1, 0.15) is 33.6 Å². The van der Waals surface area contributed by atoms with Crippen LogP contribution in [-0.2, 0) is 0 Å². The summed E-state index contributed by atoms with van der Waals surface area (Å²) >= 11 is 0. The van der Waals surface area contributed by atoms with E-state index in [0.717, 1.165) is 38.1 Å². The number of piperidine rings is 1. The fraction of sp³-hybridized carbons (Fsp3) is 0.300. The lowest BCUT2D eigenvalue weighted by atomic mass is 9.89. The van der Waals surface area contributed by atoms with Crippen molar-refractivity contribution in [2.24, 2.45) is 5.92 Å². The number of amides is 1. The van der Waals surface area contributed by atoms with Gasteiger partial charge in [0.1, 0.15) is 0 Å². The minimum atomic E-state index is -1.08. The number of Topliss-reactive ketones (excluding diaryl/α,β-unsaturated/α-hetero) is 1. The lowest BCUT2D eigenvalue weighted by Gasteiger charge is -2.28. The van der Waals surface area contributed by atoms with E-state index in [1.807, 2.05) is 7.05 Å². The van der Waals surface area contributed by atoms with Crippen molar-refractivity contribution >= 4 is 17.4 Å². The maximum atomic E-state index is 13.3. The topological polar surface area (TPSA) is 49.4 Å². The Hall–Kier alpha value is -2.60. The Labute approximate surface area is 150 Å².